The summed E-state index contributed by atoms with van der Waals surface area (Å²) in [6.07, 6.45) is 2.92. The van der Waals surface area contributed by atoms with Gasteiger partial charge < -0.3 is 11.5 Å². The zero-order valence-electron chi connectivity index (χ0n) is 13.2. The van der Waals surface area contributed by atoms with E-state index in [2.05, 4.69) is 29.5 Å². The first-order valence-corrected chi connectivity index (χ1v) is 7.14. The van der Waals surface area contributed by atoms with Crippen molar-refractivity contribution in [3.05, 3.63) is 71.6 Å². The van der Waals surface area contributed by atoms with Crippen LogP contribution in [0, 0.1) is 6.92 Å². The maximum absolute atomic E-state index is 5.64. The van der Waals surface area contributed by atoms with E-state index in [9.17, 15) is 0 Å². The van der Waals surface area contributed by atoms with Crippen LogP contribution < -0.4 is 11.5 Å². The number of rotatable bonds is 5. The van der Waals surface area contributed by atoms with Crippen molar-refractivity contribution in [2.24, 2.45) is 21.5 Å². The molecule has 0 aliphatic rings. The monoisotopic (exact) mass is 304 g/mol. The van der Waals surface area contributed by atoms with Crippen LogP contribution in [0.4, 0.5) is 0 Å². The molecule has 0 spiro atoms. The molecule has 0 saturated heterocycles. The van der Waals surface area contributed by atoms with Gasteiger partial charge in [0.15, 0.2) is 0 Å². The van der Waals surface area contributed by atoms with Crippen molar-refractivity contribution in [3.63, 3.8) is 0 Å². The number of nitrogens with two attached hydrogens (primary N) is 2. The van der Waals surface area contributed by atoms with Crippen LogP contribution in [0.1, 0.15) is 16.7 Å². The lowest BCUT2D eigenvalue weighted by molar-refractivity contribution is 1.37. The molecule has 0 aromatic heterocycles. The van der Waals surface area contributed by atoms with Gasteiger partial charge in [0.1, 0.15) is 0 Å². The molecule has 0 unspecified atom stereocenters. The third kappa shape index (κ3) is 3.21. The van der Waals surface area contributed by atoms with Crippen molar-refractivity contribution >= 4 is 24.8 Å². The zero-order valence-corrected chi connectivity index (χ0v) is 13.2. The number of hydrogen-bond acceptors (Lipinski definition) is 4. The summed E-state index contributed by atoms with van der Waals surface area (Å²) in [6.45, 7) is 9.16. The summed E-state index contributed by atoms with van der Waals surface area (Å²) in [5, 5.41) is 0. The first-order chi connectivity index (χ1) is 11.2. The van der Waals surface area contributed by atoms with Gasteiger partial charge in [-0.05, 0) is 43.1 Å². The van der Waals surface area contributed by atoms with Gasteiger partial charge in [-0.1, -0.05) is 36.4 Å². The number of hydrogen-bond donors (Lipinski definition) is 2. The lowest BCUT2D eigenvalue weighted by Gasteiger charge is -2.13. The summed E-state index contributed by atoms with van der Waals surface area (Å²) in [5.74, 6) is 0. The van der Waals surface area contributed by atoms with Gasteiger partial charge in [-0.15, -0.1) is 0 Å². The Morgan fingerprint density at radius 1 is 0.957 bits per heavy atom. The molecule has 0 aliphatic heterocycles. The second-order valence-corrected chi connectivity index (χ2v) is 4.98. The molecule has 2 aromatic carbocycles. The molecule has 2 rings (SSSR count). The van der Waals surface area contributed by atoms with Crippen LogP contribution in [0.15, 0.2) is 64.8 Å². The van der Waals surface area contributed by atoms with Crippen LogP contribution in [-0.4, -0.2) is 13.4 Å². The van der Waals surface area contributed by atoms with Crippen molar-refractivity contribution in [3.8, 4) is 11.1 Å². The Kier molecular flexibility index (Phi) is 5.10. The molecule has 2 aromatic rings. The molecule has 0 bridgehead atoms. The zero-order chi connectivity index (χ0) is 16.8. The third-order valence-electron chi connectivity index (χ3n) is 3.74. The van der Waals surface area contributed by atoms with Gasteiger partial charge in [0.25, 0.3) is 0 Å². The maximum atomic E-state index is 5.64. The van der Waals surface area contributed by atoms with Crippen LogP contribution in [-0.2, 0) is 0 Å². The molecule has 4 nitrogen and oxygen atoms in total. The molecule has 0 heterocycles. The van der Waals surface area contributed by atoms with Crippen molar-refractivity contribution in [2.75, 3.05) is 0 Å². The summed E-state index contributed by atoms with van der Waals surface area (Å²) < 4.78 is 0. The molecule has 23 heavy (non-hydrogen) atoms. The molecule has 4 N–H and O–H groups in total. The van der Waals surface area contributed by atoms with E-state index in [0.717, 1.165) is 27.8 Å². The lowest BCUT2D eigenvalue weighted by atomic mass is 9.94. The van der Waals surface area contributed by atoms with E-state index in [4.69, 9.17) is 11.5 Å². The fourth-order valence-corrected chi connectivity index (χ4v) is 2.54. The van der Waals surface area contributed by atoms with Gasteiger partial charge in [0, 0.05) is 23.5 Å². The van der Waals surface area contributed by atoms with Crippen LogP contribution in [0.5, 0.6) is 0 Å². The number of nitrogens with zero attached hydrogens (tertiary/aromatic N) is 2. The highest BCUT2D eigenvalue weighted by Crippen LogP contribution is 2.31. The third-order valence-corrected chi connectivity index (χ3v) is 3.74. The Morgan fingerprint density at radius 3 is 2.22 bits per heavy atom. The van der Waals surface area contributed by atoms with Gasteiger partial charge in [0.05, 0.1) is 11.4 Å². The second-order valence-electron chi connectivity index (χ2n) is 4.98. The average molecular weight is 304 g/mol. The van der Waals surface area contributed by atoms with Gasteiger partial charge in [-0.3, -0.25) is 9.98 Å². The molecule has 4 heteroatoms. The largest absolute Gasteiger partial charge is 0.403 e. The standard InChI is InChI=1S/C19H20N4/c1-13-16(8-5-9-17(13)19(12-21)23-3)14-6-4-7-15(10-14)18(11-20)22-2/h4-12H,2-3,20-21H2,1H3/b18-11-,19-12-. The predicted octanol–water partition coefficient (Wildman–Crippen LogP) is 3.58. The Bertz CT molecular complexity index is 801. The van der Waals surface area contributed by atoms with Gasteiger partial charge in [-0.2, -0.15) is 0 Å². The maximum Gasteiger partial charge on any atom is 0.0851 e. The predicted molar refractivity (Wildman–Crippen MR) is 100 cm³/mol. The highest BCUT2D eigenvalue weighted by atomic mass is 14.7. The summed E-state index contributed by atoms with van der Waals surface area (Å²) in [6, 6.07) is 14.0. The molecule has 0 radical (unpaired) electrons. The molecular formula is C19H20N4. The first-order valence-electron chi connectivity index (χ1n) is 7.14. The van der Waals surface area contributed by atoms with Crippen LogP contribution >= 0.6 is 0 Å². The molecule has 116 valence electrons. The van der Waals surface area contributed by atoms with E-state index in [1.807, 2.05) is 43.3 Å². The SMILES string of the molecule is C=N/C(=C\N)c1cccc(-c2cccc(/C(=C/N)N=C)c2C)c1. The molecule has 0 amide bonds. The van der Waals surface area contributed by atoms with Crippen LogP contribution in [0.25, 0.3) is 22.5 Å². The summed E-state index contributed by atoms with van der Waals surface area (Å²) in [7, 11) is 0. The Labute approximate surface area is 136 Å². The number of benzene rings is 2. The average Bonchev–Trinajstić information content (AvgIpc) is 2.59. The smallest absolute Gasteiger partial charge is 0.0851 e. The summed E-state index contributed by atoms with van der Waals surface area (Å²) in [4.78, 5) is 7.93. The fraction of sp³-hybridized carbons (Fsp3) is 0.0526. The molecule has 0 fully saturated rings. The topological polar surface area (TPSA) is 76.8 Å². The Balaban J connectivity index is 2.60. The van der Waals surface area contributed by atoms with Crippen molar-refractivity contribution in [2.45, 2.75) is 6.92 Å². The number of aliphatic imine (C=N–C) groups is 2. The Morgan fingerprint density at radius 2 is 1.61 bits per heavy atom. The minimum absolute atomic E-state index is 0.649. The summed E-state index contributed by atoms with van der Waals surface area (Å²) >= 11 is 0. The van der Waals surface area contributed by atoms with E-state index < -0.39 is 0 Å². The van der Waals surface area contributed by atoms with Crippen LogP contribution in [0.3, 0.4) is 0 Å². The molecule has 0 saturated carbocycles. The van der Waals surface area contributed by atoms with E-state index >= 15 is 0 Å². The quantitative estimate of drug-likeness (QED) is 0.828. The van der Waals surface area contributed by atoms with Gasteiger partial charge in [0.2, 0.25) is 0 Å². The minimum atomic E-state index is 0.649. The van der Waals surface area contributed by atoms with Crippen molar-refractivity contribution < 1.29 is 0 Å². The van der Waals surface area contributed by atoms with Crippen molar-refractivity contribution in [1.29, 1.82) is 0 Å². The normalized spacial score (nSPS) is 12.0. The Hall–Kier alpha value is -3.14. The van der Waals surface area contributed by atoms with E-state index in [-0.39, 0.29) is 0 Å². The van der Waals surface area contributed by atoms with Crippen molar-refractivity contribution in [1.82, 2.24) is 0 Å². The second kappa shape index (κ2) is 7.22. The summed E-state index contributed by atoms with van der Waals surface area (Å²) in [5.41, 5.74) is 17.7. The van der Waals surface area contributed by atoms with E-state index in [1.54, 1.807) is 0 Å². The lowest BCUT2D eigenvalue weighted by Crippen LogP contribution is -1.94. The van der Waals surface area contributed by atoms with E-state index in [0.29, 0.717) is 11.4 Å². The first kappa shape index (κ1) is 16.2. The highest BCUT2D eigenvalue weighted by molar-refractivity contribution is 5.80. The molecular weight excluding hydrogens is 284 g/mol. The molecule has 0 atom stereocenters. The van der Waals surface area contributed by atoms with E-state index in [1.165, 1.54) is 12.4 Å². The minimum Gasteiger partial charge on any atom is -0.403 e. The molecule has 0 aliphatic carbocycles. The fourth-order valence-electron chi connectivity index (χ4n) is 2.54. The highest BCUT2D eigenvalue weighted by Gasteiger charge is 2.10. The van der Waals surface area contributed by atoms with Gasteiger partial charge in [-0.25, -0.2) is 0 Å². The van der Waals surface area contributed by atoms with Crippen LogP contribution in [0.2, 0.25) is 0 Å². The van der Waals surface area contributed by atoms with Gasteiger partial charge >= 0.3 is 0 Å².